The smallest absolute Gasteiger partial charge is 0.312 e. The van der Waals surface area contributed by atoms with Crippen molar-refractivity contribution in [3.05, 3.63) is 119 Å². The molecule has 1 aromatic heterocycles. The van der Waals surface area contributed by atoms with E-state index in [1.54, 1.807) is 65.6 Å². The number of fused-ring (bicyclic) bond motifs is 4. The molecule has 0 unspecified atom stereocenters. The number of ketones is 2. The van der Waals surface area contributed by atoms with E-state index in [-0.39, 0.29) is 110 Å². The SMILES string of the molecule is CC(C)[C@H](CCCNC(=O)CCCN1C(=O)C=CC1=O)C(=O)N[C@@H](CCCNC(N)=O)C(=O)Cc1ccc(C(=O)Cc2ccc3[nH]c(C(=O)N4C[C@@H](CCl)c5c4cc(O[C@H]4C[C@H](C(=O)O)[C@@H](O)[C@H](O)[C@H]4O)c4ccccc54)cc3c2)cc1. The number of carbonyl (C=O) groups excluding carboxylic acids is 8. The Morgan fingerprint density at radius 2 is 1.49 bits per heavy atom. The highest BCUT2D eigenvalue weighted by Crippen LogP contribution is 2.47. The van der Waals surface area contributed by atoms with Crippen LogP contribution < -0.4 is 31.3 Å². The summed E-state index contributed by atoms with van der Waals surface area (Å²) in [5.74, 6) is -5.43. The number of nitrogens with zero attached hydrogens (tertiary/aromatic N) is 2. The summed E-state index contributed by atoms with van der Waals surface area (Å²) in [4.78, 5) is 121. The van der Waals surface area contributed by atoms with Crippen LogP contribution in [-0.2, 0) is 41.6 Å². The van der Waals surface area contributed by atoms with Gasteiger partial charge in [-0.1, -0.05) is 68.4 Å². The third-order valence-corrected chi connectivity index (χ3v) is 16.0. The second kappa shape index (κ2) is 26.7. The van der Waals surface area contributed by atoms with E-state index in [1.807, 2.05) is 32.0 Å². The highest BCUT2D eigenvalue weighted by atomic mass is 35.5. The van der Waals surface area contributed by atoms with E-state index in [0.29, 0.717) is 70.9 Å². The Morgan fingerprint density at radius 3 is 2.17 bits per heavy atom. The number of aliphatic hydroxyl groups is 3. The van der Waals surface area contributed by atoms with E-state index in [4.69, 9.17) is 22.1 Å². The van der Waals surface area contributed by atoms with E-state index in [1.165, 1.54) is 12.2 Å². The van der Waals surface area contributed by atoms with E-state index in [2.05, 4.69) is 20.9 Å². The molecule has 434 valence electrons. The third kappa shape index (κ3) is 14.0. The number of hydrogen-bond acceptors (Lipinski definition) is 13. The largest absolute Gasteiger partial charge is 0.487 e. The summed E-state index contributed by atoms with van der Waals surface area (Å²) in [7, 11) is 0. The molecule has 7 amide bonds. The van der Waals surface area contributed by atoms with Gasteiger partial charge >= 0.3 is 12.0 Å². The Morgan fingerprint density at radius 1 is 0.805 bits per heavy atom. The standard InChI is InChI=1S/C60H68ClN7O14/c1-32(2)38(10-5-21-63-50(71)12-7-23-67-51(72)19-20-52(67)73)57(77)66-43(11-6-22-64-60(62)81)47(70)25-33-13-16-35(17-14-33)46(69)26-34-15-18-42-36(24-34)27-44(65-42)58(78)68-31-37(30-61)53-40-9-4-3-8-39(40)48(29-45(53)68)82-49-28-41(59(79)80)54(74)56(76)55(49)75/h3-4,8-9,13-20,24,27,29,32,37-38,41,43,49,54-56,65,74-76H,5-7,10-12,21-23,25-26,28,30-31H2,1-2H3,(H,63,71)(H,66,77)(H,79,80)(H3,62,64,81)/t37-,38+,41+,43+,49+,54-,55+,56+/m1/s1. The Kier molecular flexibility index (Phi) is 19.6. The zero-order valence-corrected chi connectivity index (χ0v) is 46.2. The molecule has 2 aliphatic heterocycles. The van der Waals surface area contributed by atoms with Gasteiger partial charge in [0.25, 0.3) is 17.7 Å². The molecule has 3 aliphatic rings. The van der Waals surface area contributed by atoms with E-state index in [0.717, 1.165) is 15.8 Å². The van der Waals surface area contributed by atoms with Gasteiger partial charge in [0.2, 0.25) is 11.8 Å². The number of carboxylic acid groups (broad SMARTS) is 1. The second-order valence-corrected chi connectivity index (χ2v) is 21.9. The Labute approximate surface area is 477 Å². The van der Waals surface area contributed by atoms with Crippen LogP contribution in [0, 0.1) is 17.8 Å². The Bertz CT molecular complexity index is 3270. The van der Waals surface area contributed by atoms with Crippen LogP contribution in [-0.4, -0.2) is 146 Å². The first-order chi connectivity index (χ1) is 39.2. The molecule has 4 aromatic carbocycles. The van der Waals surface area contributed by atoms with Crippen molar-refractivity contribution in [2.75, 3.05) is 37.0 Å². The van der Waals surface area contributed by atoms with Gasteiger partial charge in [0.1, 0.15) is 29.8 Å². The van der Waals surface area contributed by atoms with E-state index >= 15 is 0 Å². The minimum Gasteiger partial charge on any atom is -0.487 e. The van der Waals surface area contributed by atoms with Gasteiger partial charge in [0, 0.05) is 110 Å². The molecule has 22 heteroatoms. The number of ether oxygens (including phenoxy) is 1. The Balaban J connectivity index is 0.885. The number of carboxylic acids is 1. The van der Waals surface area contributed by atoms with Gasteiger partial charge in [-0.15, -0.1) is 11.6 Å². The lowest BCUT2D eigenvalue weighted by Gasteiger charge is -2.38. The van der Waals surface area contributed by atoms with Gasteiger partial charge in [-0.2, -0.15) is 0 Å². The average molecular weight is 1150 g/mol. The lowest BCUT2D eigenvalue weighted by molar-refractivity contribution is -0.174. The number of urea groups is 1. The highest BCUT2D eigenvalue weighted by molar-refractivity contribution is 6.19. The zero-order chi connectivity index (χ0) is 58.9. The van der Waals surface area contributed by atoms with Crippen LogP contribution in [0.5, 0.6) is 5.75 Å². The molecule has 0 saturated heterocycles. The maximum Gasteiger partial charge on any atom is 0.312 e. The number of benzene rings is 4. The lowest BCUT2D eigenvalue weighted by Crippen LogP contribution is -2.57. The van der Waals surface area contributed by atoms with Gasteiger partial charge in [0.15, 0.2) is 11.6 Å². The van der Waals surface area contributed by atoms with Crippen molar-refractivity contribution < 1.29 is 68.3 Å². The fraction of sp³-hybridized carbons (Fsp3) is 0.417. The molecule has 1 fully saturated rings. The summed E-state index contributed by atoms with van der Waals surface area (Å²) in [6.45, 7) is 4.64. The predicted molar refractivity (Wildman–Crippen MR) is 303 cm³/mol. The average Bonchev–Trinajstić information content (AvgIpc) is 2.74. The number of Topliss-reactive ketones (excluding diaryl/α,β-unsaturated/α-hetero) is 2. The Hall–Kier alpha value is -7.98. The van der Waals surface area contributed by atoms with Crippen molar-refractivity contribution in [3.63, 3.8) is 0 Å². The minimum atomic E-state index is -1.77. The number of aliphatic carboxylic acids is 1. The van der Waals surface area contributed by atoms with Crippen LogP contribution in [0.2, 0.25) is 0 Å². The molecule has 1 saturated carbocycles. The fourth-order valence-electron chi connectivity index (χ4n) is 11.1. The summed E-state index contributed by atoms with van der Waals surface area (Å²) in [6, 6.07) is 21.1. The molecule has 8 rings (SSSR count). The fourth-order valence-corrected chi connectivity index (χ4v) is 11.3. The molecule has 1 aliphatic carbocycles. The number of nitrogens with two attached hydrogens (primary N) is 1. The van der Waals surface area contributed by atoms with E-state index < -0.39 is 66.1 Å². The molecule has 8 atom stereocenters. The quantitative estimate of drug-likeness (QED) is 0.0158. The number of imide groups is 1. The van der Waals surface area contributed by atoms with Crippen molar-refractivity contribution in [1.29, 1.82) is 0 Å². The predicted octanol–water partition coefficient (Wildman–Crippen LogP) is 4.58. The number of H-pyrrole nitrogens is 1. The molecular formula is C60H68ClN7O14. The molecule has 21 nitrogen and oxygen atoms in total. The molecule has 3 heterocycles. The monoisotopic (exact) mass is 1150 g/mol. The number of anilines is 1. The molecule has 82 heavy (non-hydrogen) atoms. The van der Waals surface area contributed by atoms with Crippen molar-refractivity contribution in [1.82, 2.24) is 25.8 Å². The minimum absolute atomic E-state index is 0.0223. The van der Waals surface area contributed by atoms with Crippen LogP contribution in [0.1, 0.15) is 102 Å². The molecule has 10 N–H and O–H groups in total. The number of aromatic nitrogens is 1. The number of nitrogens with one attached hydrogen (secondary N) is 4. The number of aliphatic hydroxyl groups excluding tert-OH is 3. The van der Waals surface area contributed by atoms with Crippen molar-refractivity contribution in [3.8, 4) is 5.75 Å². The van der Waals surface area contributed by atoms with Crippen molar-refractivity contribution in [2.45, 2.75) is 108 Å². The maximum absolute atomic E-state index is 14.5. The number of halogens is 1. The normalized spacial score (nSPS) is 20.2. The van der Waals surface area contributed by atoms with Gasteiger partial charge in [-0.05, 0) is 78.3 Å². The van der Waals surface area contributed by atoms with Crippen LogP contribution in [0.3, 0.4) is 0 Å². The first-order valence-corrected chi connectivity index (χ1v) is 28.0. The number of aromatic amines is 1. The third-order valence-electron chi connectivity index (χ3n) is 15.6. The van der Waals surface area contributed by atoms with Crippen LogP contribution in [0.4, 0.5) is 10.5 Å². The molecular weight excluding hydrogens is 1080 g/mol. The number of hydrogen-bond donors (Lipinski definition) is 9. The topological polar surface area (TPSA) is 328 Å². The summed E-state index contributed by atoms with van der Waals surface area (Å²) in [6.07, 6.45) is -2.33. The summed E-state index contributed by atoms with van der Waals surface area (Å²) < 4.78 is 6.29. The summed E-state index contributed by atoms with van der Waals surface area (Å²) in [5.41, 5.74) is 9.14. The number of primary amides is 1. The first-order valence-electron chi connectivity index (χ1n) is 27.5. The maximum atomic E-state index is 14.5. The molecule has 0 radical (unpaired) electrons. The number of alkyl halides is 1. The van der Waals surface area contributed by atoms with Crippen molar-refractivity contribution >= 4 is 92.1 Å². The number of carbonyl (C=O) groups is 9. The summed E-state index contributed by atoms with van der Waals surface area (Å²) in [5, 5.41) is 51.9. The second-order valence-electron chi connectivity index (χ2n) is 21.6. The number of rotatable bonds is 26. The van der Waals surface area contributed by atoms with Crippen LogP contribution >= 0.6 is 11.6 Å². The van der Waals surface area contributed by atoms with Gasteiger partial charge in [0.05, 0.1) is 23.8 Å². The van der Waals surface area contributed by atoms with Gasteiger partial charge in [-0.3, -0.25) is 43.3 Å². The zero-order valence-electron chi connectivity index (χ0n) is 45.5. The first kappa shape index (κ1) is 60.1. The lowest BCUT2D eigenvalue weighted by atomic mass is 9.80. The highest BCUT2D eigenvalue weighted by Gasteiger charge is 2.47. The molecule has 0 bridgehead atoms. The molecule has 5 aromatic rings. The number of amides is 7. The van der Waals surface area contributed by atoms with Crippen molar-refractivity contribution in [2.24, 2.45) is 23.5 Å². The van der Waals surface area contributed by atoms with Crippen LogP contribution in [0.15, 0.2) is 91.0 Å². The molecule has 0 spiro atoms. The summed E-state index contributed by atoms with van der Waals surface area (Å²) >= 11 is 6.55. The van der Waals surface area contributed by atoms with Crippen LogP contribution in [0.25, 0.3) is 21.7 Å². The van der Waals surface area contributed by atoms with Gasteiger partial charge < -0.3 is 56.7 Å². The van der Waals surface area contributed by atoms with E-state index in [9.17, 15) is 63.6 Å². The van der Waals surface area contributed by atoms with Gasteiger partial charge in [-0.25, -0.2) is 4.79 Å².